The van der Waals surface area contributed by atoms with E-state index in [1.165, 1.54) is 16.9 Å². The molecule has 0 saturated heterocycles. The molecule has 180 valence electrons. The summed E-state index contributed by atoms with van der Waals surface area (Å²) in [6.45, 7) is 4.96. The van der Waals surface area contributed by atoms with Gasteiger partial charge in [0.2, 0.25) is 11.8 Å². The SMILES string of the molecule is Cc1ccc(OCCN(C)C(=O)Cn2cc(NC(=O)CCNc3ncc(F)cc3C)cn2)cc1. The summed E-state index contributed by atoms with van der Waals surface area (Å²) in [6.07, 6.45) is 4.41. The average Bonchev–Trinajstić information content (AvgIpc) is 3.23. The van der Waals surface area contributed by atoms with Crippen molar-refractivity contribution in [2.45, 2.75) is 26.8 Å². The third kappa shape index (κ3) is 7.58. The van der Waals surface area contributed by atoms with Crippen molar-refractivity contribution in [2.24, 2.45) is 0 Å². The van der Waals surface area contributed by atoms with E-state index in [4.69, 9.17) is 4.74 Å². The number of benzene rings is 1. The number of hydrogen-bond acceptors (Lipinski definition) is 6. The van der Waals surface area contributed by atoms with Crippen LogP contribution in [-0.2, 0) is 16.1 Å². The lowest BCUT2D eigenvalue weighted by Gasteiger charge is -2.17. The minimum absolute atomic E-state index is 0.0496. The maximum absolute atomic E-state index is 13.1. The Morgan fingerprint density at radius 3 is 2.68 bits per heavy atom. The Balaban J connectivity index is 1.37. The molecule has 10 heteroatoms. The van der Waals surface area contributed by atoms with Crippen molar-refractivity contribution in [1.82, 2.24) is 19.7 Å². The molecule has 0 radical (unpaired) electrons. The molecular weight excluding hydrogens is 439 g/mol. The minimum atomic E-state index is -0.405. The van der Waals surface area contributed by atoms with Crippen molar-refractivity contribution in [3.63, 3.8) is 0 Å². The van der Waals surface area contributed by atoms with Gasteiger partial charge in [-0.2, -0.15) is 5.10 Å². The first-order valence-electron chi connectivity index (χ1n) is 10.9. The number of hydrogen-bond donors (Lipinski definition) is 2. The van der Waals surface area contributed by atoms with Crippen LogP contribution in [0, 0.1) is 19.7 Å². The highest BCUT2D eigenvalue weighted by Gasteiger charge is 2.12. The second kappa shape index (κ2) is 11.8. The molecule has 0 saturated carbocycles. The molecular formula is C24H29FN6O3. The molecule has 0 unspecified atom stereocenters. The van der Waals surface area contributed by atoms with Gasteiger partial charge in [0.25, 0.3) is 0 Å². The van der Waals surface area contributed by atoms with Crippen LogP contribution in [0.3, 0.4) is 0 Å². The van der Waals surface area contributed by atoms with Gasteiger partial charge in [-0.25, -0.2) is 9.37 Å². The molecule has 0 aliphatic heterocycles. The van der Waals surface area contributed by atoms with E-state index in [-0.39, 0.29) is 24.8 Å². The summed E-state index contributed by atoms with van der Waals surface area (Å²) < 4.78 is 20.2. The van der Waals surface area contributed by atoms with E-state index < -0.39 is 5.82 Å². The fourth-order valence-corrected chi connectivity index (χ4v) is 3.08. The zero-order valence-electron chi connectivity index (χ0n) is 19.5. The highest BCUT2D eigenvalue weighted by Crippen LogP contribution is 2.13. The maximum atomic E-state index is 13.1. The number of carbonyl (C=O) groups is 2. The third-order valence-corrected chi connectivity index (χ3v) is 5.05. The summed E-state index contributed by atoms with van der Waals surface area (Å²) in [5, 5.41) is 9.89. The van der Waals surface area contributed by atoms with E-state index in [9.17, 15) is 14.0 Å². The van der Waals surface area contributed by atoms with Gasteiger partial charge in [-0.15, -0.1) is 0 Å². The number of anilines is 2. The number of amides is 2. The van der Waals surface area contributed by atoms with Gasteiger partial charge in [-0.3, -0.25) is 14.3 Å². The van der Waals surface area contributed by atoms with E-state index in [1.807, 2.05) is 31.2 Å². The lowest BCUT2D eigenvalue weighted by atomic mass is 10.2. The van der Waals surface area contributed by atoms with Gasteiger partial charge in [0.05, 0.1) is 24.6 Å². The van der Waals surface area contributed by atoms with Crippen LogP contribution in [0.1, 0.15) is 17.5 Å². The number of rotatable bonds is 11. The monoisotopic (exact) mass is 468 g/mol. The molecule has 2 aromatic heterocycles. The summed E-state index contributed by atoms with van der Waals surface area (Å²) in [7, 11) is 1.71. The van der Waals surface area contributed by atoms with E-state index in [0.717, 1.165) is 17.5 Å². The van der Waals surface area contributed by atoms with Crippen LogP contribution >= 0.6 is 0 Å². The molecule has 34 heavy (non-hydrogen) atoms. The summed E-state index contributed by atoms with van der Waals surface area (Å²) in [5.41, 5.74) is 2.32. The highest BCUT2D eigenvalue weighted by atomic mass is 19.1. The second-order valence-corrected chi connectivity index (χ2v) is 7.95. The van der Waals surface area contributed by atoms with Crippen LogP contribution in [-0.4, -0.2) is 58.2 Å². The van der Waals surface area contributed by atoms with Crippen LogP contribution in [0.5, 0.6) is 5.75 Å². The first-order valence-corrected chi connectivity index (χ1v) is 10.9. The molecule has 2 amide bonds. The molecule has 0 fully saturated rings. The van der Waals surface area contributed by atoms with Gasteiger partial charge in [0.1, 0.15) is 30.5 Å². The molecule has 3 aromatic rings. The zero-order valence-corrected chi connectivity index (χ0v) is 19.5. The van der Waals surface area contributed by atoms with Gasteiger partial charge >= 0.3 is 0 Å². The molecule has 0 aliphatic rings. The predicted octanol–water partition coefficient (Wildman–Crippen LogP) is 3.01. The fraction of sp³-hybridized carbons (Fsp3) is 0.333. The molecule has 3 rings (SSSR count). The number of carbonyl (C=O) groups excluding carboxylic acids is 2. The third-order valence-electron chi connectivity index (χ3n) is 5.05. The van der Waals surface area contributed by atoms with Gasteiger partial charge in [0, 0.05) is 26.2 Å². The Morgan fingerprint density at radius 1 is 1.18 bits per heavy atom. The van der Waals surface area contributed by atoms with E-state index >= 15 is 0 Å². The van der Waals surface area contributed by atoms with Crippen molar-refractivity contribution >= 4 is 23.3 Å². The molecule has 2 N–H and O–H groups in total. The topological polar surface area (TPSA) is 101 Å². The first-order chi connectivity index (χ1) is 16.3. The molecule has 0 atom stereocenters. The van der Waals surface area contributed by atoms with E-state index in [0.29, 0.717) is 36.8 Å². The summed E-state index contributed by atoms with van der Waals surface area (Å²) in [6, 6.07) is 9.11. The van der Waals surface area contributed by atoms with Crippen molar-refractivity contribution in [1.29, 1.82) is 0 Å². The molecule has 2 heterocycles. The average molecular weight is 469 g/mol. The van der Waals surface area contributed by atoms with Gasteiger partial charge in [0.15, 0.2) is 0 Å². The zero-order chi connectivity index (χ0) is 24.5. The minimum Gasteiger partial charge on any atom is -0.492 e. The fourth-order valence-electron chi connectivity index (χ4n) is 3.08. The summed E-state index contributed by atoms with van der Waals surface area (Å²) in [5.74, 6) is 0.550. The Hall–Kier alpha value is -3.95. The number of aryl methyl sites for hydroxylation is 2. The maximum Gasteiger partial charge on any atom is 0.244 e. The molecule has 1 aromatic carbocycles. The highest BCUT2D eigenvalue weighted by molar-refractivity contribution is 5.90. The van der Waals surface area contributed by atoms with Gasteiger partial charge in [-0.05, 0) is 37.6 Å². The van der Waals surface area contributed by atoms with Crippen LogP contribution < -0.4 is 15.4 Å². The number of aromatic nitrogens is 3. The first kappa shape index (κ1) is 24.7. The smallest absolute Gasteiger partial charge is 0.244 e. The van der Waals surface area contributed by atoms with Crippen molar-refractivity contribution in [3.05, 3.63) is 65.9 Å². The summed E-state index contributed by atoms with van der Waals surface area (Å²) in [4.78, 5) is 30.2. The normalized spacial score (nSPS) is 10.6. The lowest BCUT2D eigenvalue weighted by molar-refractivity contribution is -0.131. The van der Waals surface area contributed by atoms with Crippen molar-refractivity contribution in [3.8, 4) is 5.75 Å². The Labute approximate surface area is 197 Å². The van der Waals surface area contributed by atoms with Crippen LogP contribution in [0.2, 0.25) is 0 Å². The molecule has 0 spiro atoms. The van der Waals surface area contributed by atoms with Gasteiger partial charge in [-0.1, -0.05) is 17.7 Å². The number of pyridine rings is 1. The lowest BCUT2D eigenvalue weighted by Crippen LogP contribution is -2.33. The van der Waals surface area contributed by atoms with E-state index in [2.05, 4.69) is 20.7 Å². The number of ether oxygens (including phenoxy) is 1. The van der Waals surface area contributed by atoms with E-state index in [1.54, 1.807) is 25.1 Å². The number of likely N-dealkylation sites (N-methyl/N-ethyl adjacent to an activating group) is 1. The predicted molar refractivity (Wildman–Crippen MR) is 127 cm³/mol. The van der Waals surface area contributed by atoms with Gasteiger partial charge < -0.3 is 20.3 Å². The standard InChI is InChI=1S/C24H29FN6O3/c1-17-4-6-21(7-5-17)34-11-10-30(3)23(33)16-31-15-20(14-28-31)29-22(32)8-9-26-24-18(2)12-19(25)13-27-24/h4-7,12-15H,8-11,16H2,1-3H3,(H,26,27)(H,29,32). The Morgan fingerprint density at radius 2 is 1.94 bits per heavy atom. The van der Waals surface area contributed by atoms with Crippen LogP contribution in [0.15, 0.2) is 48.9 Å². The van der Waals surface area contributed by atoms with Crippen LogP contribution in [0.4, 0.5) is 15.9 Å². The van der Waals surface area contributed by atoms with Crippen molar-refractivity contribution < 1.29 is 18.7 Å². The molecule has 0 bridgehead atoms. The molecule has 9 nitrogen and oxygen atoms in total. The molecule has 0 aliphatic carbocycles. The summed E-state index contributed by atoms with van der Waals surface area (Å²) >= 11 is 0. The number of halogens is 1. The Bertz CT molecular complexity index is 1120. The second-order valence-electron chi connectivity index (χ2n) is 7.95. The van der Waals surface area contributed by atoms with Crippen molar-refractivity contribution in [2.75, 3.05) is 37.4 Å². The largest absolute Gasteiger partial charge is 0.492 e. The number of nitrogens with zero attached hydrogens (tertiary/aromatic N) is 4. The number of nitrogens with one attached hydrogen (secondary N) is 2. The van der Waals surface area contributed by atoms with Crippen LogP contribution in [0.25, 0.3) is 0 Å². The quantitative estimate of drug-likeness (QED) is 0.449. The Kier molecular flexibility index (Phi) is 8.55.